The molecule has 2 heterocycles. The van der Waals surface area contributed by atoms with Crippen molar-refractivity contribution in [3.63, 3.8) is 0 Å². The van der Waals surface area contributed by atoms with Crippen molar-refractivity contribution in [2.45, 2.75) is 17.3 Å². The van der Waals surface area contributed by atoms with Crippen molar-refractivity contribution in [2.75, 3.05) is 0 Å². The third kappa shape index (κ3) is 2.39. The van der Waals surface area contributed by atoms with E-state index in [1.54, 1.807) is 13.1 Å². The van der Waals surface area contributed by atoms with Gasteiger partial charge in [0.1, 0.15) is 17.3 Å². The SMILES string of the molecule is C[C@@H](c1cn(-c2ccccc2)nn1)S(=O)(=O)c1ncnn1C. The molecule has 0 radical (unpaired) electrons. The lowest BCUT2D eigenvalue weighted by Crippen LogP contribution is -2.16. The molecule has 0 fully saturated rings. The van der Waals surface area contributed by atoms with Crippen LogP contribution in [0, 0.1) is 0 Å². The predicted octanol–water partition coefficient (Wildman–Crippen LogP) is 0.931. The second-order valence-corrected chi connectivity index (χ2v) is 6.94. The van der Waals surface area contributed by atoms with E-state index in [-0.39, 0.29) is 5.16 Å². The first kappa shape index (κ1) is 14.4. The third-order valence-corrected chi connectivity index (χ3v) is 5.39. The van der Waals surface area contributed by atoms with Gasteiger partial charge >= 0.3 is 0 Å². The van der Waals surface area contributed by atoms with Gasteiger partial charge in [-0.05, 0) is 19.1 Å². The Kier molecular flexibility index (Phi) is 3.49. The van der Waals surface area contributed by atoms with E-state index < -0.39 is 15.1 Å². The number of benzene rings is 1. The summed E-state index contributed by atoms with van der Waals surface area (Å²) in [5.41, 5.74) is 1.16. The molecule has 1 atom stereocenters. The zero-order valence-electron chi connectivity index (χ0n) is 12.0. The second kappa shape index (κ2) is 5.34. The summed E-state index contributed by atoms with van der Waals surface area (Å²) in [6, 6.07) is 9.36. The monoisotopic (exact) mass is 318 g/mol. The maximum Gasteiger partial charge on any atom is 0.246 e. The molecule has 0 unspecified atom stereocenters. The first-order chi connectivity index (χ1) is 10.5. The molecular weight excluding hydrogens is 304 g/mol. The maximum absolute atomic E-state index is 12.6. The highest BCUT2D eigenvalue weighted by Crippen LogP contribution is 2.25. The molecule has 8 nitrogen and oxygen atoms in total. The minimum atomic E-state index is -3.67. The Morgan fingerprint density at radius 3 is 2.55 bits per heavy atom. The average molecular weight is 318 g/mol. The summed E-state index contributed by atoms with van der Waals surface area (Å²) >= 11 is 0. The molecule has 114 valence electrons. The van der Waals surface area contributed by atoms with Gasteiger partial charge in [-0.25, -0.2) is 22.8 Å². The van der Waals surface area contributed by atoms with Gasteiger partial charge in [-0.2, -0.15) is 5.10 Å². The fourth-order valence-corrected chi connectivity index (χ4v) is 3.38. The summed E-state index contributed by atoms with van der Waals surface area (Å²) in [6.45, 7) is 1.56. The van der Waals surface area contributed by atoms with Crippen molar-refractivity contribution in [3.8, 4) is 5.69 Å². The maximum atomic E-state index is 12.6. The molecule has 3 rings (SSSR count). The van der Waals surface area contributed by atoms with E-state index in [1.807, 2.05) is 30.3 Å². The summed E-state index contributed by atoms with van der Waals surface area (Å²) in [6.07, 6.45) is 2.81. The summed E-state index contributed by atoms with van der Waals surface area (Å²) in [5.74, 6) is 0. The molecule has 0 bridgehead atoms. The molecule has 9 heteroatoms. The van der Waals surface area contributed by atoms with Gasteiger partial charge in [-0.15, -0.1) is 5.10 Å². The number of sulfone groups is 1. The Bertz CT molecular complexity index is 884. The molecule has 0 saturated heterocycles. The van der Waals surface area contributed by atoms with E-state index in [0.29, 0.717) is 5.69 Å². The molecule has 0 N–H and O–H groups in total. The molecule has 0 amide bonds. The highest BCUT2D eigenvalue weighted by Gasteiger charge is 2.31. The molecule has 0 spiro atoms. The molecule has 0 aliphatic rings. The van der Waals surface area contributed by atoms with Crippen molar-refractivity contribution in [1.29, 1.82) is 0 Å². The summed E-state index contributed by atoms with van der Waals surface area (Å²) in [5, 5.41) is 10.8. The minimum Gasteiger partial charge on any atom is -0.240 e. The van der Waals surface area contributed by atoms with Crippen LogP contribution in [-0.4, -0.2) is 38.2 Å². The lowest BCUT2D eigenvalue weighted by molar-refractivity contribution is 0.558. The third-order valence-electron chi connectivity index (χ3n) is 3.34. The van der Waals surface area contributed by atoms with E-state index in [1.165, 1.54) is 22.7 Å². The Morgan fingerprint density at radius 1 is 1.18 bits per heavy atom. The Morgan fingerprint density at radius 2 is 1.91 bits per heavy atom. The smallest absolute Gasteiger partial charge is 0.240 e. The summed E-state index contributed by atoms with van der Waals surface area (Å²) in [4.78, 5) is 3.81. The van der Waals surface area contributed by atoms with Gasteiger partial charge in [-0.3, -0.25) is 0 Å². The van der Waals surface area contributed by atoms with Crippen LogP contribution in [0.1, 0.15) is 17.9 Å². The number of rotatable bonds is 4. The molecule has 22 heavy (non-hydrogen) atoms. The van der Waals surface area contributed by atoms with E-state index in [4.69, 9.17) is 0 Å². The first-order valence-electron chi connectivity index (χ1n) is 6.55. The van der Waals surface area contributed by atoms with Crippen LogP contribution in [0.3, 0.4) is 0 Å². The van der Waals surface area contributed by atoms with Crippen LogP contribution < -0.4 is 0 Å². The van der Waals surface area contributed by atoms with Crippen LogP contribution in [0.5, 0.6) is 0 Å². The molecule has 2 aromatic heterocycles. The number of hydrogen-bond acceptors (Lipinski definition) is 6. The van der Waals surface area contributed by atoms with Crippen molar-refractivity contribution < 1.29 is 8.42 Å². The van der Waals surface area contributed by atoms with Crippen LogP contribution in [0.2, 0.25) is 0 Å². The van der Waals surface area contributed by atoms with E-state index in [2.05, 4.69) is 20.4 Å². The van der Waals surface area contributed by atoms with E-state index in [0.717, 1.165) is 5.69 Å². The summed E-state index contributed by atoms with van der Waals surface area (Å²) in [7, 11) is -2.14. The lowest BCUT2D eigenvalue weighted by atomic mass is 10.3. The van der Waals surface area contributed by atoms with Crippen LogP contribution in [0.25, 0.3) is 5.69 Å². The van der Waals surface area contributed by atoms with Gasteiger partial charge in [0.2, 0.25) is 15.0 Å². The Hall–Kier alpha value is -2.55. The molecule has 0 aliphatic heterocycles. The van der Waals surface area contributed by atoms with Crippen molar-refractivity contribution in [1.82, 2.24) is 29.8 Å². The van der Waals surface area contributed by atoms with Crippen molar-refractivity contribution in [2.24, 2.45) is 7.05 Å². The second-order valence-electron chi connectivity index (χ2n) is 4.78. The fourth-order valence-electron chi connectivity index (χ4n) is 2.03. The standard InChI is InChI=1S/C13H14N6O2S/c1-10(22(20,21)13-14-9-15-18(13)2)12-8-19(17-16-12)11-6-4-3-5-7-11/h3-10H,1-2H3/t10-/m0/s1. The number of aryl methyl sites for hydroxylation is 1. The van der Waals surface area contributed by atoms with Gasteiger partial charge in [0.25, 0.3) is 0 Å². The van der Waals surface area contributed by atoms with Crippen LogP contribution in [0.15, 0.2) is 48.0 Å². The van der Waals surface area contributed by atoms with Gasteiger partial charge in [0, 0.05) is 7.05 Å². The van der Waals surface area contributed by atoms with Crippen LogP contribution in [-0.2, 0) is 16.9 Å². The van der Waals surface area contributed by atoms with Crippen molar-refractivity contribution in [3.05, 3.63) is 48.5 Å². The average Bonchev–Trinajstić information content (AvgIpc) is 3.16. The zero-order chi connectivity index (χ0) is 15.7. The van der Waals surface area contributed by atoms with Crippen LogP contribution >= 0.6 is 0 Å². The largest absolute Gasteiger partial charge is 0.246 e. The Labute approximate surface area is 127 Å². The normalized spacial score (nSPS) is 13.2. The van der Waals surface area contributed by atoms with Crippen molar-refractivity contribution >= 4 is 9.84 Å². The predicted molar refractivity (Wildman–Crippen MR) is 78.0 cm³/mol. The van der Waals surface area contributed by atoms with Gasteiger partial charge < -0.3 is 0 Å². The minimum absolute atomic E-state index is 0.0886. The molecule has 0 saturated carbocycles. The Balaban J connectivity index is 1.95. The molecular formula is C13H14N6O2S. The van der Waals surface area contributed by atoms with Crippen LogP contribution in [0.4, 0.5) is 0 Å². The fraction of sp³-hybridized carbons (Fsp3) is 0.231. The lowest BCUT2D eigenvalue weighted by Gasteiger charge is -2.08. The highest BCUT2D eigenvalue weighted by molar-refractivity contribution is 7.91. The van der Waals surface area contributed by atoms with Gasteiger partial charge in [0.05, 0.1) is 11.9 Å². The number of para-hydroxylation sites is 1. The van der Waals surface area contributed by atoms with Gasteiger partial charge in [0.15, 0.2) is 0 Å². The zero-order valence-corrected chi connectivity index (χ0v) is 12.8. The molecule has 1 aromatic carbocycles. The first-order valence-corrected chi connectivity index (χ1v) is 8.10. The number of nitrogens with zero attached hydrogens (tertiary/aromatic N) is 6. The van der Waals surface area contributed by atoms with E-state index >= 15 is 0 Å². The summed E-state index contributed by atoms with van der Waals surface area (Å²) < 4.78 is 27.9. The highest BCUT2D eigenvalue weighted by atomic mass is 32.2. The number of hydrogen-bond donors (Lipinski definition) is 0. The number of aromatic nitrogens is 6. The van der Waals surface area contributed by atoms with E-state index in [9.17, 15) is 8.42 Å². The molecule has 0 aliphatic carbocycles. The topological polar surface area (TPSA) is 95.6 Å². The van der Waals surface area contributed by atoms with Gasteiger partial charge in [-0.1, -0.05) is 23.4 Å². The molecule has 3 aromatic rings. The quantitative estimate of drug-likeness (QED) is 0.710.